The van der Waals surface area contributed by atoms with Crippen molar-refractivity contribution >= 4 is 11.6 Å². The Balaban J connectivity index is 1.45. The van der Waals surface area contributed by atoms with Crippen LogP contribution >= 0.6 is 0 Å². The zero-order chi connectivity index (χ0) is 24.7. The molecule has 0 spiro atoms. The summed E-state index contributed by atoms with van der Waals surface area (Å²) in [5.41, 5.74) is 3.64. The number of carbonyl (C=O) groups excluding carboxylic acids is 1. The third kappa shape index (κ3) is 5.63. The number of unbranched alkanes of at least 4 members (excludes halogenated alkanes) is 1. The van der Waals surface area contributed by atoms with Crippen molar-refractivity contribution in [2.45, 2.75) is 37.5 Å². The molecule has 0 saturated heterocycles. The van der Waals surface area contributed by atoms with E-state index in [0.717, 1.165) is 49.2 Å². The second-order valence-electron chi connectivity index (χ2n) is 9.92. The lowest BCUT2D eigenvalue weighted by atomic mass is 9.72. The summed E-state index contributed by atoms with van der Waals surface area (Å²) in [7, 11) is 4.18. The van der Waals surface area contributed by atoms with Crippen LogP contribution in [0.2, 0.25) is 0 Å². The van der Waals surface area contributed by atoms with E-state index in [4.69, 9.17) is 0 Å². The van der Waals surface area contributed by atoms with Gasteiger partial charge in [0.25, 0.3) is 0 Å². The summed E-state index contributed by atoms with van der Waals surface area (Å²) in [5, 5.41) is 10.4. The van der Waals surface area contributed by atoms with Gasteiger partial charge in [0.1, 0.15) is 5.41 Å². The first-order valence-electron chi connectivity index (χ1n) is 12.6. The van der Waals surface area contributed by atoms with E-state index >= 15 is 0 Å². The van der Waals surface area contributed by atoms with Gasteiger partial charge in [0.05, 0.1) is 6.07 Å². The number of fused-ring (bicyclic) bond motifs is 1. The number of hydrogen-bond donors (Lipinski definition) is 0. The maximum absolute atomic E-state index is 13.4. The van der Waals surface area contributed by atoms with Crippen LogP contribution in [-0.2, 0) is 16.6 Å². The van der Waals surface area contributed by atoms with Gasteiger partial charge in [0.15, 0.2) is 0 Å². The molecule has 0 N–H and O–H groups in total. The Bertz CT molecular complexity index is 1110. The third-order valence-corrected chi connectivity index (χ3v) is 7.07. The van der Waals surface area contributed by atoms with E-state index in [1.807, 2.05) is 71.6 Å². The smallest absolute Gasteiger partial charge is 0.226 e. The quantitative estimate of drug-likeness (QED) is 0.374. The van der Waals surface area contributed by atoms with Crippen molar-refractivity contribution in [2.24, 2.45) is 5.92 Å². The Morgan fingerprint density at radius 1 is 0.943 bits per heavy atom. The summed E-state index contributed by atoms with van der Waals surface area (Å²) in [4.78, 5) is 17.6. The highest BCUT2D eigenvalue weighted by Gasteiger charge is 2.34. The highest BCUT2D eigenvalue weighted by molar-refractivity contribution is 5.94. The lowest BCUT2D eigenvalue weighted by Crippen LogP contribution is -2.43. The number of carbonyl (C=O) groups is 1. The van der Waals surface area contributed by atoms with E-state index in [0.29, 0.717) is 18.8 Å². The van der Waals surface area contributed by atoms with E-state index in [2.05, 4.69) is 43.3 Å². The molecule has 1 aliphatic rings. The molecule has 1 unspecified atom stereocenters. The molecule has 0 bridgehead atoms. The number of nitriles is 1. The van der Waals surface area contributed by atoms with Crippen LogP contribution in [0.1, 0.15) is 42.4 Å². The van der Waals surface area contributed by atoms with Gasteiger partial charge in [0, 0.05) is 25.2 Å². The zero-order valence-corrected chi connectivity index (χ0v) is 20.9. The molecule has 4 rings (SSSR count). The molecule has 4 heteroatoms. The summed E-state index contributed by atoms with van der Waals surface area (Å²) in [5.74, 6) is 0.620. The first-order valence-corrected chi connectivity index (χ1v) is 12.6. The van der Waals surface area contributed by atoms with Crippen molar-refractivity contribution in [2.75, 3.05) is 32.1 Å². The highest BCUT2D eigenvalue weighted by Crippen LogP contribution is 2.37. The molecule has 0 radical (unpaired) electrons. The van der Waals surface area contributed by atoms with Crippen LogP contribution in [0.3, 0.4) is 0 Å². The first kappa shape index (κ1) is 24.7. The topological polar surface area (TPSA) is 47.3 Å². The normalized spacial score (nSPS) is 15.5. The van der Waals surface area contributed by atoms with Crippen LogP contribution in [0.4, 0.5) is 5.69 Å². The van der Waals surface area contributed by atoms with Gasteiger partial charge in [-0.1, -0.05) is 85.3 Å². The standard InChI is InChI=1S/C31H35N3O/c1-33(2)22-25-21-26-13-9-10-18-29(26)34(23-25)30(35)19-11-12-20-31(24-32,27-14-5-3-6-15-27)28-16-7-4-8-17-28/h3-10,13-18,25H,11-12,19-23H2,1-2H3. The van der Waals surface area contributed by atoms with Gasteiger partial charge in [-0.2, -0.15) is 5.26 Å². The molecule has 1 atom stereocenters. The molecule has 0 aromatic heterocycles. The molecule has 4 nitrogen and oxygen atoms in total. The van der Waals surface area contributed by atoms with Crippen molar-refractivity contribution in [1.29, 1.82) is 5.26 Å². The Kier molecular flexibility index (Phi) is 8.00. The molecule has 180 valence electrons. The molecule has 0 saturated carbocycles. The molecule has 3 aromatic rings. The van der Waals surface area contributed by atoms with Crippen molar-refractivity contribution < 1.29 is 4.79 Å². The predicted molar refractivity (Wildman–Crippen MR) is 142 cm³/mol. The van der Waals surface area contributed by atoms with E-state index in [1.165, 1.54) is 5.56 Å². The fourth-order valence-corrected chi connectivity index (χ4v) is 5.44. The number of benzene rings is 3. The fraction of sp³-hybridized carbons (Fsp3) is 0.355. The van der Waals surface area contributed by atoms with Gasteiger partial charge in [-0.25, -0.2) is 0 Å². The van der Waals surface area contributed by atoms with Gasteiger partial charge in [-0.3, -0.25) is 4.79 Å². The van der Waals surface area contributed by atoms with Crippen LogP contribution in [0, 0.1) is 17.2 Å². The molecular weight excluding hydrogens is 430 g/mol. The van der Waals surface area contributed by atoms with Crippen molar-refractivity contribution in [3.63, 3.8) is 0 Å². The number of amides is 1. The molecule has 1 heterocycles. The number of rotatable bonds is 9. The summed E-state index contributed by atoms with van der Waals surface area (Å²) < 4.78 is 0. The maximum atomic E-state index is 13.4. The van der Waals surface area contributed by atoms with Gasteiger partial charge in [-0.15, -0.1) is 0 Å². The monoisotopic (exact) mass is 465 g/mol. The van der Waals surface area contributed by atoms with E-state index < -0.39 is 5.41 Å². The minimum absolute atomic E-state index is 0.183. The molecule has 1 amide bonds. The van der Waals surface area contributed by atoms with E-state index in [1.54, 1.807) is 0 Å². The van der Waals surface area contributed by atoms with Crippen LogP contribution in [0.25, 0.3) is 0 Å². The average molecular weight is 466 g/mol. The second kappa shape index (κ2) is 11.3. The lowest BCUT2D eigenvalue weighted by Gasteiger charge is -2.36. The van der Waals surface area contributed by atoms with Crippen molar-refractivity contribution in [3.8, 4) is 6.07 Å². The fourth-order valence-electron chi connectivity index (χ4n) is 5.44. The maximum Gasteiger partial charge on any atom is 0.226 e. The van der Waals surface area contributed by atoms with Crippen molar-refractivity contribution in [3.05, 3.63) is 102 Å². The second-order valence-corrected chi connectivity index (χ2v) is 9.92. The van der Waals surface area contributed by atoms with Crippen LogP contribution < -0.4 is 4.90 Å². The predicted octanol–water partition coefficient (Wildman–Crippen LogP) is 5.82. The Morgan fingerprint density at radius 3 is 2.14 bits per heavy atom. The van der Waals surface area contributed by atoms with E-state index in [9.17, 15) is 10.1 Å². The number of anilines is 1. The van der Waals surface area contributed by atoms with Gasteiger partial charge >= 0.3 is 0 Å². The van der Waals surface area contributed by atoms with Gasteiger partial charge in [0.2, 0.25) is 5.91 Å². The minimum atomic E-state index is -0.708. The summed E-state index contributed by atoms with van der Waals surface area (Å²) in [6.45, 7) is 1.74. The Labute approximate surface area is 209 Å². The molecular formula is C31H35N3O. The van der Waals surface area contributed by atoms with Gasteiger partial charge in [-0.05, 0) is 62.0 Å². The summed E-state index contributed by atoms with van der Waals surface area (Å²) in [6, 6.07) is 31.0. The summed E-state index contributed by atoms with van der Waals surface area (Å²) in [6.07, 6.45) is 3.76. The van der Waals surface area contributed by atoms with Crippen LogP contribution in [0.15, 0.2) is 84.9 Å². The van der Waals surface area contributed by atoms with Crippen LogP contribution in [0.5, 0.6) is 0 Å². The molecule has 0 fully saturated rings. The molecule has 3 aromatic carbocycles. The molecule has 35 heavy (non-hydrogen) atoms. The average Bonchev–Trinajstić information content (AvgIpc) is 2.89. The number of para-hydroxylation sites is 1. The SMILES string of the molecule is CN(C)CC1Cc2ccccc2N(C(=O)CCCCC(C#N)(c2ccccc2)c2ccccc2)C1. The summed E-state index contributed by atoms with van der Waals surface area (Å²) >= 11 is 0. The Hall–Kier alpha value is -3.42. The number of hydrogen-bond acceptors (Lipinski definition) is 3. The zero-order valence-electron chi connectivity index (χ0n) is 20.9. The minimum Gasteiger partial charge on any atom is -0.312 e. The highest BCUT2D eigenvalue weighted by atomic mass is 16.2. The van der Waals surface area contributed by atoms with Gasteiger partial charge < -0.3 is 9.80 Å². The third-order valence-electron chi connectivity index (χ3n) is 7.07. The first-order chi connectivity index (χ1) is 17.0. The molecule has 1 aliphatic heterocycles. The van der Waals surface area contributed by atoms with Crippen LogP contribution in [-0.4, -0.2) is 38.0 Å². The number of nitrogens with zero attached hydrogens (tertiary/aromatic N) is 3. The largest absolute Gasteiger partial charge is 0.312 e. The van der Waals surface area contributed by atoms with Crippen molar-refractivity contribution in [1.82, 2.24) is 4.90 Å². The Morgan fingerprint density at radius 2 is 1.54 bits per heavy atom. The molecule has 0 aliphatic carbocycles. The lowest BCUT2D eigenvalue weighted by molar-refractivity contribution is -0.119. The van der Waals surface area contributed by atoms with E-state index in [-0.39, 0.29) is 5.91 Å².